The number of aromatic nitrogens is 1. The van der Waals surface area contributed by atoms with E-state index in [1.165, 1.54) is 25.3 Å². The molecule has 0 bridgehead atoms. The van der Waals surface area contributed by atoms with E-state index in [0.29, 0.717) is 18.3 Å². The number of carboxylic acids is 1. The molecule has 0 spiro atoms. The van der Waals surface area contributed by atoms with Crippen LogP contribution >= 0.6 is 0 Å². The number of anilines is 1. The van der Waals surface area contributed by atoms with Crippen molar-refractivity contribution in [3.05, 3.63) is 23.9 Å². The molecule has 0 radical (unpaired) electrons. The van der Waals surface area contributed by atoms with Crippen molar-refractivity contribution < 1.29 is 15.0 Å². The normalized spacial score (nSPS) is 19.3. The van der Waals surface area contributed by atoms with Crippen LogP contribution in [0.3, 0.4) is 0 Å². The van der Waals surface area contributed by atoms with Crippen LogP contribution in [0.4, 0.5) is 5.82 Å². The van der Waals surface area contributed by atoms with E-state index in [-0.39, 0.29) is 5.69 Å². The third kappa shape index (κ3) is 3.70. The highest BCUT2D eigenvalue weighted by Crippen LogP contribution is 2.32. The summed E-state index contributed by atoms with van der Waals surface area (Å²) in [5.74, 6) is -0.264. The van der Waals surface area contributed by atoms with Gasteiger partial charge < -0.3 is 15.5 Å². The number of nitrogens with one attached hydrogen (secondary N) is 1. The lowest BCUT2D eigenvalue weighted by Gasteiger charge is -2.35. The molecular formula is C15H22N2O3. The largest absolute Gasteiger partial charge is 0.477 e. The fraction of sp³-hybridized carbons (Fsp3) is 0.600. The van der Waals surface area contributed by atoms with Gasteiger partial charge in [0.2, 0.25) is 0 Å². The summed E-state index contributed by atoms with van der Waals surface area (Å²) in [6.07, 6.45) is 5.71. The second kappa shape index (κ2) is 6.22. The van der Waals surface area contributed by atoms with Crippen molar-refractivity contribution in [2.45, 2.75) is 44.6 Å². The van der Waals surface area contributed by atoms with Crippen LogP contribution in [0.5, 0.6) is 0 Å². The summed E-state index contributed by atoms with van der Waals surface area (Å²) in [4.78, 5) is 14.9. The van der Waals surface area contributed by atoms with Crippen molar-refractivity contribution in [1.29, 1.82) is 0 Å². The minimum atomic E-state index is -1.05. The van der Waals surface area contributed by atoms with Gasteiger partial charge in [0.25, 0.3) is 0 Å². The van der Waals surface area contributed by atoms with Gasteiger partial charge in [-0.25, -0.2) is 9.78 Å². The SMILES string of the molecule is CC(O)(CNc1cccc(C(=O)O)n1)C1CCCCC1. The van der Waals surface area contributed by atoms with Gasteiger partial charge in [0, 0.05) is 6.54 Å². The van der Waals surface area contributed by atoms with E-state index in [0.717, 1.165) is 12.8 Å². The maximum atomic E-state index is 10.9. The molecule has 3 N–H and O–H groups in total. The zero-order valence-electron chi connectivity index (χ0n) is 11.8. The van der Waals surface area contributed by atoms with Gasteiger partial charge in [-0.1, -0.05) is 25.3 Å². The number of aliphatic hydroxyl groups is 1. The standard InChI is InChI=1S/C15H22N2O3/c1-15(20,11-6-3-2-4-7-11)10-16-13-9-5-8-12(17-13)14(18)19/h5,8-9,11,20H,2-4,6-7,10H2,1H3,(H,16,17)(H,18,19). The Kier molecular flexibility index (Phi) is 4.60. The number of pyridine rings is 1. The van der Waals surface area contributed by atoms with Gasteiger partial charge in [0.15, 0.2) is 5.69 Å². The highest BCUT2D eigenvalue weighted by molar-refractivity contribution is 5.85. The van der Waals surface area contributed by atoms with Gasteiger partial charge in [0.1, 0.15) is 5.82 Å². The highest BCUT2D eigenvalue weighted by atomic mass is 16.4. The predicted octanol–water partition coefficient (Wildman–Crippen LogP) is 2.52. The number of carbonyl (C=O) groups is 1. The Morgan fingerprint density at radius 1 is 1.40 bits per heavy atom. The molecule has 1 aromatic heterocycles. The van der Waals surface area contributed by atoms with E-state index in [9.17, 15) is 9.90 Å². The third-order valence-electron chi connectivity index (χ3n) is 4.08. The van der Waals surface area contributed by atoms with E-state index >= 15 is 0 Å². The zero-order valence-corrected chi connectivity index (χ0v) is 11.8. The molecule has 110 valence electrons. The quantitative estimate of drug-likeness (QED) is 0.771. The molecule has 1 fully saturated rings. The summed E-state index contributed by atoms with van der Waals surface area (Å²) in [6, 6.07) is 4.81. The summed E-state index contributed by atoms with van der Waals surface area (Å²) >= 11 is 0. The van der Waals surface area contributed by atoms with Crippen LogP contribution in [0.1, 0.15) is 49.5 Å². The van der Waals surface area contributed by atoms with Crippen LogP contribution < -0.4 is 5.32 Å². The second-order valence-electron chi connectivity index (χ2n) is 5.76. The molecule has 0 aromatic carbocycles. The number of aromatic carboxylic acids is 1. The molecule has 1 aliphatic rings. The maximum Gasteiger partial charge on any atom is 0.354 e. The van der Waals surface area contributed by atoms with Crippen molar-refractivity contribution in [3.8, 4) is 0 Å². The topological polar surface area (TPSA) is 82.5 Å². The predicted molar refractivity (Wildman–Crippen MR) is 76.9 cm³/mol. The molecule has 5 nitrogen and oxygen atoms in total. The molecule has 1 aromatic rings. The van der Waals surface area contributed by atoms with Crippen LogP contribution in [0.25, 0.3) is 0 Å². The molecule has 5 heteroatoms. The van der Waals surface area contributed by atoms with E-state index < -0.39 is 11.6 Å². The molecule has 1 unspecified atom stereocenters. The number of nitrogens with zero attached hydrogens (tertiary/aromatic N) is 1. The first-order chi connectivity index (χ1) is 9.49. The monoisotopic (exact) mass is 278 g/mol. The third-order valence-corrected chi connectivity index (χ3v) is 4.08. The van der Waals surface area contributed by atoms with Crippen molar-refractivity contribution in [2.75, 3.05) is 11.9 Å². The Balaban J connectivity index is 1.96. The molecular weight excluding hydrogens is 256 g/mol. The molecule has 1 heterocycles. The fourth-order valence-electron chi connectivity index (χ4n) is 2.79. The summed E-state index contributed by atoms with van der Waals surface area (Å²) < 4.78 is 0. The second-order valence-corrected chi connectivity index (χ2v) is 5.76. The van der Waals surface area contributed by atoms with Gasteiger partial charge in [-0.3, -0.25) is 0 Å². The maximum absolute atomic E-state index is 10.9. The minimum absolute atomic E-state index is 0.00677. The Hall–Kier alpha value is -1.62. The van der Waals surface area contributed by atoms with E-state index in [4.69, 9.17) is 5.11 Å². The molecule has 0 aliphatic heterocycles. The van der Waals surface area contributed by atoms with Crippen LogP contribution in [0.2, 0.25) is 0 Å². The lowest BCUT2D eigenvalue weighted by Crippen LogP contribution is -2.42. The van der Waals surface area contributed by atoms with Crippen LogP contribution in [0, 0.1) is 5.92 Å². The van der Waals surface area contributed by atoms with Crippen molar-refractivity contribution in [3.63, 3.8) is 0 Å². The Labute approximate surface area is 119 Å². The van der Waals surface area contributed by atoms with Crippen LogP contribution in [-0.2, 0) is 0 Å². The Bertz CT molecular complexity index is 468. The van der Waals surface area contributed by atoms with Crippen molar-refractivity contribution in [2.24, 2.45) is 5.92 Å². The molecule has 2 rings (SSSR count). The molecule has 1 aliphatic carbocycles. The van der Waals surface area contributed by atoms with Gasteiger partial charge in [-0.15, -0.1) is 0 Å². The number of hydrogen-bond acceptors (Lipinski definition) is 4. The highest BCUT2D eigenvalue weighted by Gasteiger charge is 2.32. The minimum Gasteiger partial charge on any atom is -0.477 e. The summed E-state index contributed by atoms with van der Waals surface area (Å²) in [5, 5.41) is 22.5. The lowest BCUT2D eigenvalue weighted by atomic mass is 9.78. The van der Waals surface area contributed by atoms with Gasteiger partial charge >= 0.3 is 5.97 Å². The molecule has 1 saturated carbocycles. The smallest absolute Gasteiger partial charge is 0.354 e. The van der Waals surface area contributed by atoms with Crippen LogP contribution in [0.15, 0.2) is 18.2 Å². The first kappa shape index (κ1) is 14.8. The molecule has 0 saturated heterocycles. The van der Waals surface area contributed by atoms with Crippen LogP contribution in [-0.4, -0.2) is 33.3 Å². The molecule has 0 amide bonds. The van der Waals surface area contributed by atoms with Crippen molar-refractivity contribution in [1.82, 2.24) is 4.98 Å². The van der Waals surface area contributed by atoms with E-state index in [1.54, 1.807) is 12.1 Å². The first-order valence-corrected chi connectivity index (χ1v) is 7.15. The number of hydrogen-bond donors (Lipinski definition) is 3. The zero-order chi connectivity index (χ0) is 14.6. The number of rotatable bonds is 5. The Morgan fingerprint density at radius 3 is 2.75 bits per heavy atom. The summed E-state index contributed by atoms with van der Waals surface area (Å²) in [5.41, 5.74) is -0.784. The number of carboxylic acid groups (broad SMARTS) is 1. The van der Waals surface area contributed by atoms with Gasteiger partial charge in [-0.2, -0.15) is 0 Å². The average Bonchev–Trinajstić information content (AvgIpc) is 2.46. The van der Waals surface area contributed by atoms with Gasteiger partial charge in [-0.05, 0) is 37.8 Å². The summed E-state index contributed by atoms with van der Waals surface area (Å²) in [7, 11) is 0. The van der Waals surface area contributed by atoms with E-state index in [1.807, 2.05) is 6.92 Å². The first-order valence-electron chi connectivity index (χ1n) is 7.15. The fourth-order valence-corrected chi connectivity index (χ4v) is 2.79. The molecule has 20 heavy (non-hydrogen) atoms. The van der Waals surface area contributed by atoms with E-state index in [2.05, 4.69) is 10.3 Å². The average molecular weight is 278 g/mol. The Morgan fingerprint density at radius 2 is 2.10 bits per heavy atom. The van der Waals surface area contributed by atoms with Gasteiger partial charge in [0.05, 0.1) is 5.60 Å². The van der Waals surface area contributed by atoms with Crippen molar-refractivity contribution >= 4 is 11.8 Å². The lowest BCUT2D eigenvalue weighted by molar-refractivity contribution is -0.00450. The summed E-state index contributed by atoms with van der Waals surface area (Å²) in [6.45, 7) is 2.23. The molecule has 1 atom stereocenters.